The molecule has 1 heterocycles. The quantitative estimate of drug-likeness (QED) is 0.867. The molecule has 0 saturated heterocycles. The summed E-state index contributed by atoms with van der Waals surface area (Å²) >= 11 is 0. The summed E-state index contributed by atoms with van der Waals surface area (Å²) in [7, 11) is 0. The van der Waals surface area contributed by atoms with E-state index in [0.29, 0.717) is 17.5 Å². The molecule has 0 saturated carbocycles. The second-order valence-electron chi connectivity index (χ2n) is 4.28. The highest BCUT2D eigenvalue weighted by atomic mass is 19.1. The molecule has 1 amide bonds. The van der Waals surface area contributed by atoms with Crippen molar-refractivity contribution in [1.82, 2.24) is 10.3 Å². The van der Waals surface area contributed by atoms with Gasteiger partial charge in [-0.2, -0.15) is 0 Å². The van der Waals surface area contributed by atoms with E-state index < -0.39 is 18.3 Å². The fraction of sp³-hybridized carbons (Fsp3) is 0.214. The third kappa shape index (κ3) is 3.50. The molecule has 0 aliphatic heterocycles. The molecule has 0 spiro atoms. The van der Waals surface area contributed by atoms with E-state index in [0.717, 1.165) is 0 Å². The fourth-order valence-electron chi connectivity index (χ4n) is 1.79. The average molecular weight is 276 g/mol. The number of para-hydroxylation sites is 1. The van der Waals surface area contributed by atoms with Crippen LogP contribution in [0.15, 0.2) is 30.3 Å². The van der Waals surface area contributed by atoms with Crippen LogP contribution < -0.4 is 5.32 Å². The number of carboxylic acids is 1. The Hall–Kier alpha value is -2.50. The molecular formula is C14H13FN2O3. The van der Waals surface area contributed by atoms with E-state index in [1.165, 1.54) is 6.07 Å². The largest absolute Gasteiger partial charge is 0.480 e. The first-order valence-corrected chi connectivity index (χ1v) is 6.09. The summed E-state index contributed by atoms with van der Waals surface area (Å²) in [4.78, 5) is 25.8. The molecule has 0 fully saturated rings. The number of aliphatic carboxylic acids is 1. The molecule has 6 heteroatoms. The molecule has 5 nitrogen and oxygen atoms in total. The first kappa shape index (κ1) is 13.9. The van der Waals surface area contributed by atoms with E-state index >= 15 is 0 Å². The SMILES string of the molecule is O=C(O)CNC(=O)CCc1ccc2cccc(F)c2n1. The summed E-state index contributed by atoms with van der Waals surface area (Å²) in [5.74, 6) is -1.87. The Morgan fingerprint density at radius 1 is 1.25 bits per heavy atom. The smallest absolute Gasteiger partial charge is 0.322 e. The van der Waals surface area contributed by atoms with Gasteiger partial charge in [0.25, 0.3) is 0 Å². The highest BCUT2D eigenvalue weighted by Crippen LogP contribution is 2.16. The van der Waals surface area contributed by atoms with Crippen LogP contribution in [-0.4, -0.2) is 28.5 Å². The minimum absolute atomic E-state index is 0.111. The minimum Gasteiger partial charge on any atom is -0.480 e. The van der Waals surface area contributed by atoms with Gasteiger partial charge >= 0.3 is 5.97 Å². The lowest BCUT2D eigenvalue weighted by atomic mass is 10.1. The van der Waals surface area contributed by atoms with Crippen LogP contribution in [0.25, 0.3) is 10.9 Å². The number of pyridine rings is 1. The Bertz CT molecular complexity index is 658. The van der Waals surface area contributed by atoms with Crippen molar-refractivity contribution in [1.29, 1.82) is 0 Å². The van der Waals surface area contributed by atoms with E-state index in [2.05, 4.69) is 10.3 Å². The summed E-state index contributed by atoms with van der Waals surface area (Å²) in [6.07, 6.45) is 0.440. The van der Waals surface area contributed by atoms with E-state index in [1.807, 2.05) is 0 Å². The maximum atomic E-state index is 13.6. The van der Waals surface area contributed by atoms with Gasteiger partial charge in [-0.05, 0) is 18.6 Å². The van der Waals surface area contributed by atoms with Crippen LogP contribution in [0.5, 0.6) is 0 Å². The van der Waals surface area contributed by atoms with Crippen molar-refractivity contribution in [3.63, 3.8) is 0 Å². The second kappa shape index (κ2) is 6.10. The Balaban J connectivity index is 2.01. The molecule has 1 aromatic heterocycles. The first-order chi connectivity index (χ1) is 9.56. The number of aryl methyl sites for hydroxylation is 1. The van der Waals surface area contributed by atoms with Gasteiger partial charge < -0.3 is 10.4 Å². The molecule has 2 rings (SSSR count). The van der Waals surface area contributed by atoms with E-state index in [-0.39, 0.29) is 17.8 Å². The number of carbonyl (C=O) groups excluding carboxylic acids is 1. The minimum atomic E-state index is -1.09. The van der Waals surface area contributed by atoms with Crippen molar-refractivity contribution in [3.8, 4) is 0 Å². The third-order valence-electron chi connectivity index (χ3n) is 2.77. The predicted octanol–water partition coefficient (Wildman–Crippen LogP) is 1.51. The van der Waals surface area contributed by atoms with Gasteiger partial charge in [-0.3, -0.25) is 9.59 Å². The molecule has 20 heavy (non-hydrogen) atoms. The average Bonchev–Trinajstić information content (AvgIpc) is 2.43. The molecule has 104 valence electrons. The van der Waals surface area contributed by atoms with Gasteiger partial charge in [0.2, 0.25) is 5.91 Å². The molecule has 0 aliphatic rings. The van der Waals surface area contributed by atoms with Crippen molar-refractivity contribution < 1.29 is 19.1 Å². The number of amides is 1. The number of rotatable bonds is 5. The summed E-state index contributed by atoms with van der Waals surface area (Å²) in [5, 5.41) is 11.4. The lowest BCUT2D eigenvalue weighted by molar-refractivity contribution is -0.137. The normalized spacial score (nSPS) is 10.4. The second-order valence-corrected chi connectivity index (χ2v) is 4.28. The Kier molecular flexibility index (Phi) is 4.24. The molecule has 0 radical (unpaired) electrons. The van der Waals surface area contributed by atoms with Crippen LogP contribution in [0, 0.1) is 5.82 Å². The summed E-state index contributed by atoms with van der Waals surface area (Å²) < 4.78 is 13.6. The first-order valence-electron chi connectivity index (χ1n) is 6.09. The van der Waals surface area contributed by atoms with Crippen LogP contribution in [0.1, 0.15) is 12.1 Å². The third-order valence-corrected chi connectivity index (χ3v) is 2.77. The Labute approximate surface area is 114 Å². The van der Waals surface area contributed by atoms with Crippen molar-refractivity contribution in [2.24, 2.45) is 0 Å². The summed E-state index contributed by atoms with van der Waals surface area (Å²) in [5.41, 5.74) is 0.865. The standard InChI is InChI=1S/C14H13FN2O3/c15-11-3-1-2-9-4-5-10(17-14(9)11)6-7-12(18)16-8-13(19)20/h1-5H,6-8H2,(H,16,18)(H,19,20). The van der Waals surface area contributed by atoms with Gasteiger partial charge in [0, 0.05) is 17.5 Å². The molecule has 0 aliphatic carbocycles. The number of carboxylic acid groups (broad SMARTS) is 1. The van der Waals surface area contributed by atoms with Gasteiger partial charge in [-0.25, -0.2) is 9.37 Å². The van der Waals surface area contributed by atoms with Gasteiger partial charge in [0.15, 0.2) is 0 Å². The van der Waals surface area contributed by atoms with E-state index in [9.17, 15) is 14.0 Å². The van der Waals surface area contributed by atoms with Gasteiger partial charge in [-0.15, -0.1) is 0 Å². The molecule has 0 bridgehead atoms. The molecule has 0 unspecified atom stereocenters. The number of nitrogens with zero attached hydrogens (tertiary/aromatic N) is 1. The molecule has 0 atom stereocenters. The van der Waals surface area contributed by atoms with Crippen molar-refractivity contribution in [2.45, 2.75) is 12.8 Å². The van der Waals surface area contributed by atoms with Crippen LogP contribution in [0.4, 0.5) is 4.39 Å². The van der Waals surface area contributed by atoms with Crippen molar-refractivity contribution in [2.75, 3.05) is 6.54 Å². The maximum Gasteiger partial charge on any atom is 0.322 e. The zero-order valence-corrected chi connectivity index (χ0v) is 10.6. The summed E-state index contributed by atoms with van der Waals surface area (Å²) in [6, 6.07) is 8.17. The molecular weight excluding hydrogens is 263 g/mol. The number of hydrogen-bond acceptors (Lipinski definition) is 3. The topological polar surface area (TPSA) is 79.3 Å². The predicted molar refractivity (Wildman–Crippen MR) is 70.7 cm³/mol. The number of halogens is 1. The van der Waals surface area contributed by atoms with Gasteiger partial charge in [-0.1, -0.05) is 18.2 Å². The fourth-order valence-corrected chi connectivity index (χ4v) is 1.79. The van der Waals surface area contributed by atoms with Crippen LogP contribution in [-0.2, 0) is 16.0 Å². The summed E-state index contributed by atoms with van der Waals surface area (Å²) in [6.45, 7) is -0.404. The Morgan fingerprint density at radius 3 is 2.80 bits per heavy atom. The van der Waals surface area contributed by atoms with Crippen LogP contribution in [0.2, 0.25) is 0 Å². The Morgan fingerprint density at radius 2 is 2.05 bits per heavy atom. The monoisotopic (exact) mass is 276 g/mol. The van der Waals surface area contributed by atoms with Crippen LogP contribution in [0.3, 0.4) is 0 Å². The van der Waals surface area contributed by atoms with E-state index in [1.54, 1.807) is 24.3 Å². The highest BCUT2D eigenvalue weighted by molar-refractivity contribution is 5.81. The van der Waals surface area contributed by atoms with Gasteiger partial charge in [0.1, 0.15) is 17.9 Å². The number of benzene rings is 1. The number of nitrogens with one attached hydrogen (secondary N) is 1. The number of fused-ring (bicyclic) bond motifs is 1. The van der Waals surface area contributed by atoms with E-state index in [4.69, 9.17) is 5.11 Å². The lowest BCUT2D eigenvalue weighted by Gasteiger charge is -2.04. The zero-order chi connectivity index (χ0) is 14.5. The van der Waals surface area contributed by atoms with Crippen molar-refractivity contribution >= 4 is 22.8 Å². The molecule has 2 N–H and O–H groups in total. The number of hydrogen-bond donors (Lipinski definition) is 2. The number of carbonyl (C=O) groups is 2. The molecule has 2 aromatic rings. The van der Waals surface area contributed by atoms with Crippen LogP contribution >= 0.6 is 0 Å². The maximum absolute atomic E-state index is 13.6. The zero-order valence-electron chi connectivity index (χ0n) is 10.6. The molecule has 1 aromatic carbocycles. The van der Waals surface area contributed by atoms with Gasteiger partial charge in [0.05, 0.1) is 0 Å². The highest BCUT2D eigenvalue weighted by Gasteiger charge is 2.07. The lowest BCUT2D eigenvalue weighted by Crippen LogP contribution is -2.29. The van der Waals surface area contributed by atoms with Crippen molar-refractivity contribution in [3.05, 3.63) is 41.8 Å². The number of aromatic nitrogens is 1.